The summed E-state index contributed by atoms with van der Waals surface area (Å²) in [6.45, 7) is 0. The smallest absolute Gasteiger partial charge is 0.0619 e. The van der Waals surface area contributed by atoms with Gasteiger partial charge in [-0.2, -0.15) is 0 Å². The third-order valence-corrected chi connectivity index (χ3v) is 12.7. The average Bonchev–Trinajstić information content (AvgIpc) is 3.83. The summed E-state index contributed by atoms with van der Waals surface area (Å²) in [6.07, 6.45) is 0.975. The minimum absolute atomic E-state index is 0.975. The molecule has 56 heavy (non-hydrogen) atoms. The van der Waals surface area contributed by atoms with Crippen molar-refractivity contribution in [2.45, 2.75) is 6.42 Å². The van der Waals surface area contributed by atoms with Crippen molar-refractivity contribution < 1.29 is 0 Å². The van der Waals surface area contributed by atoms with Crippen molar-refractivity contribution in [2.24, 2.45) is 0 Å². The van der Waals surface area contributed by atoms with Gasteiger partial charge in [-0.3, -0.25) is 0 Å². The Morgan fingerprint density at radius 1 is 0.268 bits per heavy atom. The van der Waals surface area contributed by atoms with Crippen molar-refractivity contribution in [3.8, 4) is 22.3 Å². The first-order valence-corrected chi connectivity index (χ1v) is 19.6. The Morgan fingerprint density at radius 3 is 1.38 bits per heavy atom. The molecule has 0 saturated heterocycles. The molecule has 13 rings (SSSR count). The summed E-state index contributed by atoms with van der Waals surface area (Å²) in [5, 5.41) is 18.3. The molecule has 0 radical (unpaired) electrons. The van der Waals surface area contributed by atoms with Crippen molar-refractivity contribution in [1.29, 1.82) is 0 Å². The second-order valence-corrected chi connectivity index (χ2v) is 15.6. The predicted molar refractivity (Wildman–Crippen MR) is 240 cm³/mol. The maximum atomic E-state index is 2.54. The Labute approximate surface area is 322 Å². The zero-order valence-electron chi connectivity index (χ0n) is 30.6. The van der Waals surface area contributed by atoms with E-state index in [2.05, 4.69) is 192 Å². The third kappa shape index (κ3) is 4.04. The van der Waals surface area contributed by atoms with Crippen molar-refractivity contribution in [3.05, 3.63) is 199 Å². The predicted octanol–water partition coefficient (Wildman–Crippen LogP) is 15.0. The molecule has 2 heterocycles. The van der Waals surface area contributed by atoms with Crippen LogP contribution in [-0.4, -0.2) is 4.40 Å². The highest BCUT2D eigenvalue weighted by atomic mass is 14.9. The van der Waals surface area contributed by atoms with Gasteiger partial charge < -0.3 is 4.40 Å². The molecule has 0 aliphatic heterocycles. The zero-order valence-corrected chi connectivity index (χ0v) is 30.6. The summed E-state index contributed by atoms with van der Waals surface area (Å²) in [5.41, 5.74) is 11.4. The van der Waals surface area contributed by atoms with E-state index in [1.165, 1.54) is 125 Å². The summed E-state index contributed by atoms with van der Waals surface area (Å²) in [4.78, 5) is 0. The van der Waals surface area contributed by atoms with E-state index >= 15 is 0 Å². The fourth-order valence-corrected chi connectivity index (χ4v) is 10.3. The maximum absolute atomic E-state index is 2.54. The molecule has 0 unspecified atom stereocenters. The van der Waals surface area contributed by atoms with E-state index in [9.17, 15) is 0 Å². The molecular formula is C55H33N. The number of fused-ring (bicyclic) bond motifs is 13. The van der Waals surface area contributed by atoms with Crippen LogP contribution in [0.25, 0.3) is 114 Å². The number of para-hydroxylation sites is 2. The van der Waals surface area contributed by atoms with E-state index in [-0.39, 0.29) is 0 Å². The van der Waals surface area contributed by atoms with Gasteiger partial charge in [0, 0.05) is 21.5 Å². The van der Waals surface area contributed by atoms with Crippen LogP contribution in [-0.2, 0) is 6.42 Å². The van der Waals surface area contributed by atoms with E-state index in [1.807, 2.05) is 0 Å². The molecule has 258 valence electrons. The standard InChI is InChI=1S/C55H33N/c1-2-17-41-39(15-1)40-16-3-4-18-42(40)49-31-35(25-27-43(41)49)33-11-7-12-34(29-33)36-26-28-52-50(32-36)48-23-10-22-47-46-21-9-14-38-30-37-13-8-20-45(53(37)54(38)46)44-19-5-6-24-51(44)56(52)55(47)48/h1-29,31-32H,30H2. The molecule has 0 atom stereocenters. The summed E-state index contributed by atoms with van der Waals surface area (Å²) in [5.74, 6) is 0. The lowest BCUT2D eigenvalue weighted by Gasteiger charge is -2.12. The molecule has 12 aromatic rings. The minimum atomic E-state index is 0.975. The number of aromatic nitrogens is 1. The molecule has 0 amide bonds. The van der Waals surface area contributed by atoms with Crippen LogP contribution in [0.4, 0.5) is 0 Å². The van der Waals surface area contributed by atoms with Crippen LogP contribution in [0.5, 0.6) is 0 Å². The van der Waals surface area contributed by atoms with Crippen molar-refractivity contribution in [2.75, 3.05) is 0 Å². The molecule has 1 aliphatic carbocycles. The lowest BCUT2D eigenvalue weighted by atomic mass is 9.91. The van der Waals surface area contributed by atoms with Gasteiger partial charge in [0.2, 0.25) is 0 Å². The Bertz CT molecular complexity index is 3700. The molecule has 0 N–H and O–H groups in total. The van der Waals surface area contributed by atoms with E-state index in [0.29, 0.717) is 0 Å². The average molecular weight is 708 g/mol. The SMILES string of the molecule is c1cc(-c2ccc3c4ccccc4c4ccccc4c3c2)cc(-c2ccc3c(c2)c2cccc4c5cccc6c5c5c(cccc5c5ccccc5n3c42)C6)c1. The second-order valence-electron chi connectivity index (χ2n) is 15.6. The summed E-state index contributed by atoms with van der Waals surface area (Å²) < 4.78 is 2.54. The second kappa shape index (κ2) is 11.2. The van der Waals surface area contributed by atoms with Gasteiger partial charge in [-0.15, -0.1) is 0 Å². The summed E-state index contributed by atoms with van der Waals surface area (Å²) >= 11 is 0. The normalized spacial score (nSPS) is 12.6. The molecule has 0 bridgehead atoms. The molecule has 2 aromatic heterocycles. The van der Waals surface area contributed by atoms with Crippen molar-refractivity contribution >= 4 is 92.0 Å². The van der Waals surface area contributed by atoms with Crippen LogP contribution in [0.3, 0.4) is 0 Å². The Balaban J connectivity index is 1.07. The van der Waals surface area contributed by atoms with Crippen LogP contribution in [0.2, 0.25) is 0 Å². The lowest BCUT2D eigenvalue weighted by molar-refractivity contribution is 1.27. The minimum Gasteiger partial charge on any atom is -0.308 e. The van der Waals surface area contributed by atoms with Gasteiger partial charge in [-0.1, -0.05) is 158 Å². The van der Waals surface area contributed by atoms with Gasteiger partial charge in [-0.25, -0.2) is 0 Å². The first kappa shape index (κ1) is 30.1. The molecule has 0 fully saturated rings. The fourth-order valence-electron chi connectivity index (χ4n) is 10.3. The quantitative estimate of drug-likeness (QED) is 0.158. The van der Waals surface area contributed by atoms with Crippen LogP contribution < -0.4 is 0 Å². The number of hydrogen-bond donors (Lipinski definition) is 0. The number of benzene rings is 10. The van der Waals surface area contributed by atoms with E-state index in [1.54, 1.807) is 0 Å². The zero-order chi connectivity index (χ0) is 36.5. The Hall–Kier alpha value is -7.22. The van der Waals surface area contributed by atoms with Crippen LogP contribution >= 0.6 is 0 Å². The lowest BCUT2D eigenvalue weighted by Crippen LogP contribution is -1.88. The van der Waals surface area contributed by atoms with Crippen LogP contribution in [0.15, 0.2) is 188 Å². The van der Waals surface area contributed by atoms with Crippen molar-refractivity contribution in [3.63, 3.8) is 0 Å². The van der Waals surface area contributed by atoms with Gasteiger partial charge in [0.15, 0.2) is 0 Å². The molecular weight excluding hydrogens is 675 g/mol. The summed E-state index contributed by atoms with van der Waals surface area (Å²) in [6, 6.07) is 70.5. The van der Waals surface area contributed by atoms with Crippen LogP contribution in [0.1, 0.15) is 11.1 Å². The fraction of sp³-hybridized carbons (Fsp3) is 0.0182. The Morgan fingerprint density at radius 2 is 0.696 bits per heavy atom. The van der Waals surface area contributed by atoms with Gasteiger partial charge >= 0.3 is 0 Å². The van der Waals surface area contributed by atoms with E-state index < -0.39 is 0 Å². The van der Waals surface area contributed by atoms with E-state index in [4.69, 9.17) is 0 Å². The molecule has 10 aromatic carbocycles. The van der Waals surface area contributed by atoms with Gasteiger partial charge in [0.1, 0.15) is 0 Å². The highest BCUT2D eigenvalue weighted by Crippen LogP contribution is 2.44. The van der Waals surface area contributed by atoms with Gasteiger partial charge in [-0.05, 0) is 124 Å². The van der Waals surface area contributed by atoms with Gasteiger partial charge in [0.25, 0.3) is 0 Å². The highest BCUT2D eigenvalue weighted by Gasteiger charge is 2.21. The number of rotatable bonds is 2. The maximum Gasteiger partial charge on any atom is 0.0619 e. The topological polar surface area (TPSA) is 4.41 Å². The third-order valence-electron chi connectivity index (χ3n) is 12.7. The molecule has 1 heteroatoms. The van der Waals surface area contributed by atoms with E-state index in [0.717, 1.165) is 6.42 Å². The molecule has 1 nitrogen and oxygen atoms in total. The van der Waals surface area contributed by atoms with Crippen molar-refractivity contribution in [1.82, 2.24) is 4.40 Å². The van der Waals surface area contributed by atoms with Crippen LogP contribution in [0, 0.1) is 0 Å². The summed E-state index contributed by atoms with van der Waals surface area (Å²) in [7, 11) is 0. The van der Waals surface area contributed by atoms with Gasteiger partial charge in [0.05, 0.1) is 16.6 Å². The largest absolute Gasteiger partial charge is 0.308 e. The highest BCUT2D eigenvalue weighted by molar-refractivity contribution is 6.28. The molecule has 1 aliphatic rings. The first-order chi connectivity index (χ1) is 27.8. The molecule has 0 spiro atoms. The monoisotopic (exact) mass is 707 g/mol. The Kier molecular flexibility index (Phi) is 6.01. The number of nitrogens with zero attached hydrogens (tertiary/aromatic N) is 1. The number of hydrogen-bond acceptors (Lipinski definition) is 0. The molecule has 0 saturated carbocycles. The first-order valence-electron chi connectivity index (χ1n) is 19.6.